The quantitative estimate of drug-likeness (QED) is 0.698. The molecule has 0 aromatic heterocycles. The van der Waals surface area contributed by atoms with Gasteiger partial charge in [-0.05, 0) is 36.6 Å². The number of rotatable bonds is 5. The summed E-state index contributed by atoms with van der Waals surface area (Å²) < 4.78 is 37.6. The number of sulfone groups is 1. The van der Waals surface area contributed by atoms with Crippen molar-refractivity contribution in [2.45, 2.75) is 36.2 Å². The summed E-state index contributed by atoms with van der Waals surface area (Å²) in [6, 6.07) is 3.20. The molecule has 1 heterocycles. The van der Waals surface area contributed by atoms with E-state index in [-0.39, 0.29) is 30.3 Å². The van der Waals surface area contributed by atoms with E-state index in [1.165, 1.54) is 12.1 Å². The van der Waals surface area contributed by atoms with Crippen LogP contribution in [0, 0.1) is 5.82 Å². The van der Waals surface area contributed by atoms with Crippen molar-refractivity contribution in [3.8, 4) is 0 Å². The topological polar surface area (TPSA) is 86.6 Å². The molecule has 0 aliphatic carbocycles. The van der Waals surface area contributed by atoms with E-state index in [1.54, 1.807) is 0 Å². The van der Waals surface area contributed by atoms with E-state index in [9.17, 15) is 23.0 Å². The summed E-state index contributed by atoms with van der Waals surface area (Å²) in [6.07, 6.45) is 0.744. The molecule has 5 nitrogen and oxygen atoms in total. The summed E-state index contributed by atoms with van der Waals surface area (Å²) >= 11 is 0. The largest absolute Gasteiger partial charge is 0.394 e. The average molecular weight is 317 g/mol. The lowest BCUT2D eigenvalue weighted by Crippen LogP contribution is -2.53. The normalized spacial score (nSPS) is 21.0. The first kappa shape index (κ1) is 16.4. The third-order valence-corrected chi connectivity index (χ3v) is 5.94. The zero-order valence-electron chi connectivity index (χ0n) is 11.8. The van der Waals surface area contributed by atoms with Crippen LogP contribution in [-0.2, 0) is 9.84 Å². The first-order chi connectivity index (χ1) is 9.87. The van der Waals surface area contributed by atoms with Crippen molar-refractivity contribution in [1.29, 1.82) is 0 Å². The Morgan fingerprint density at radius 2 is 2.05 bits per heavy atom. The van der Waals surface area contributed by atoms with Gasteiger partial charge in [0.1, 0.15) is 5.82 Å². The molecule has 1 aromatic rings. The number of benzene rings is 1. The number of nitrogens with one attached hydrogen (secondary N) is 1. The summed E-state index contributed by atoms with van der Waals surface area (Å²) in [6.45, 7) is 1.24. The van der Waals surface area contributed by atoms with Crippen LogP contribution >= 0.6 is 0 Å². The Hall–Kier alpha value is -1.02. The van der Waals surface area contributed by atoms with E-state index in [2.05, 4.69) is 5.32 Å². The first-order valence-electron chi connectivity index (χ1n) is 6.89. The Balaban J connectivity index is 2.42. The summed E-state index contributed by atoms with van der Waals surface area (Å²) in [7, 11) is -3.40. The number of fused-ring (bicyclic) bond motifs is 1. The van der Waals surface area contributed by atoms with Gasteiger partial charge in [0, 0.05) is 6.04 Å². The highest BCUT2D eigenvalue weighted by atomic mass is 32.2. The molecule has 3 N–H and O–H groups in total. The Labute approximate surface area is 123 Å². The number of hydrogen-bond acceptors (Lipinski definition) is 5. The zero-order valence-corrected chi connectivity index (χ0v) is 12.7. The highest BCUT2D eigenvalue weighted by molar-refractivity contribution is 7.91. The Morgan fingerprint density at radius 1 is 1.38 bits per heavy atom. The third-order valence-electron chi connectivity index (χ3n) is 4.12. The standard InChI is InChI=1S/C14H20FNO4S/c1-2-14(8-17,9-18)16-12-5-6-21(19,20)13-4-3-10(15)7-11(12)13/h3-4,7,12,16-18H,2,5-6,8-9H2,1H3. The molecule has 7 heteroatoms. The molecular formula is C14H20FNO4S. The van der Waals surface area contributed by atoms with Gasteiger partial charge in [-0.2, -0.15) is 0 Å². The number of aliphatic hydroxyl groups is 2. The maximum atomic E-state index is 13.5. The fraction of sp³-hybridized carbons (Fsp3) is 0.571. The second-order valence-corrected chi connectivity index (χ2v) is 7.51. The molecule has 0 saturated heterocycles. The SMILES string of the molecule is CCC(CO)(CO)NC1CCS(=O)(=O)c2ccc(F)cc21. The molecule has 21 heavy (non-hydrogen) atoms. The second kappa shape index (κ2) is 6.00. The van der Waals surface area contributed by atoms with E-state index in [0.29, 0.717) is 12.0 Å². The van der Waals surface area contributed by atoms with Gasteiger partial charge in [-0.15, -0.1) is 0 Å². The predicted octanol–water partition coefficient (Wildman–Crippen LogP) is 0.767. The molecule has 0 amide bonds. The minimum Gasteiger partial charge on any atom is -0.394 e. The molecule has 0 fully saturated rings. The molecule has 2 rings (SSSR count). The van der Waals surface area contributed by atoms with Crippen molar-refractivity contribution in [1.82, 2.24) is 5.32 Å². The van der Waals surface area contributed by atoms with Gasteiger partial charge in [0.2, 0.25) is 0 Å². The van der Waals surface area contributed by atoms with Gasteiger partial charge in [-0.3, -0.25) is 0 Å². The lowest BCUT2D eigenvalue weighted by atomic mass is 9.93. The van der Waals surface area contributed by atoms with Crippen LogP contribution in [0.2, 0.25) is 0 Å². The summed E-state index contributed by atoms with van der Waals surface area (Å²) in [5, 5.41) is 22.1. The van der Waals surface area contributed by atoms with E-state index in [0.717, 1.165) is 6.07 Å². The lowest BCUT2D eigenvalue weighted by molar-refractivity contribution is 0.0763. The smallest absolute Gasteiger partial charge is 0.178 e. The minimum absolute atomic E-state index is 0.0417. The molecule has 1 aliphatic heterocycles. The van der Waals surface area contributed by atoms with E-state index >= 15 is 0 Å². The molecule has 1 aromatic carbocycles. The molecule has 1 aliphatic rings. The predicted molar refractivity (Wildman–Crippen MR) is 76.1 cm³/mol. The maximum absolute atomic E-state index is 13.5. The highest BCUT2D eigenvalue weighted by Gasteiger charge is 2.36. The molecule has 1 atom stereocenters. The number of aliphatic hydroxyl groups excluding tert-OH is 2. The molecule has 0 radical (unpaired) electrons. The maximum Gasteiger partial charge on any atom is 0.178 e. The summed E-state index contributed by atoms with van der Waals surface area (Å²) in [4.78, 5) is 0.119. The van der Waals surface area contributed by atoms with Crippen molar-refractivity contribution in [2.24, 2.45) is 0 Å². The van der Waals surface area contributed by atoms with Crippen molar-refractivity contribution < 1.29 is 23.0 Å². The van der Waals surface area contributed by atoms with E-state index in [4.69, 9.17) is 0 Å². The lowest BCUT2D eigenvalue weighted by Gasteiger charge is -2.37. The fourth-order valence-corrected chi connectivity index (χ4v) is 4.20. The summed E-state index contributed by atoms with van der Waals surface area (Å²) in [5.41, 5.74) is -0.545. The van der Waals surface area contributed by atoms with Crippen molar-refractivity contribution in [2.75, 3.05) is 19.0 Å². The monoisotopic (exact) mass is 317 g/mol. The fourth-order valence-electron chi connectivity index (χ4n) is 2.60. The van der Waals surface area contributed by atoms with Gasteiger partial charge in [-0.1, -0.05) is 6.92 Å². The Bertz CT molecular complexity index is 605. The van der Waals surface area contributed by atoms with Crippen LogP contribution in [0.4, 0.5) is 4.39 Å². The number of hydrogen-bond donors (Lipinski definition) is 3. The van der Waals surface area contributed by atoms with E-state index in [1.807, 2.05) is 6.92 Å². The average Bonchev–Trinajstić information content (AvgIpc) is 2.47. The van der Waals surface area contributed by atoms with Crippen LogP contribution < -0.4 is 5.32 Å². The highest BCUT2D eigenvalue weighted by Crippen LogP contribution is 2.34. The second-order valence-electron chi connectivity index (χ2n) is 5.44. The van der Waals surface area contributed by atoms with Gasteiger partial charge in [-0.25, -0.2) is 12.8 Å². The molecule has 118 valence electrons. The van der Waals surface area contributed by atoms with Crippen molar-refractivity contribution >= 4 is 9.84 Å². The minimum atomic E-state index is -3.40. The molecular weight excluding hydrogens is 297 g/mol. The van der Waals surface area contributed by atoms with Crippen LogP contribution in [0.25, 0.3) is 0 Å². The van der Waals surface area contributed by atoms with Crippen LogP contribution in [0.15, 0.2) is 23.1 Å². The third kappa shape index (κ3) is 3.11. The van der Waals surface area contributed by atoms with Crippen LogP contribution in [0.1, 0.15) is 31.4 Å². The van der Waals surface area contributed by atoms with Gasteiger partial charge in [0.15, 0.2) is 9.84 Å². The van der Waals surface area contributed by atoms with Gasteiger partial charge >= 0.3 is 0 Å². The first-order valence-corrected chi connectivity index (χ1v) is 8.54. The molecule has 0 spiro atoms. The number of halogens is 1. The van der Waals surface area contributed by atoms with Crippen LogP contribution in [0.5, 0.6) is 0 Å². The van der Waals surface area contributed by atoms with Crippen LogP contribution in [0.3, 0.4) is 0 Å². The summed E-state index contributed by atoms with van der Waals surface area (Å²) in [5.74, 6) is -0.548. The van der Waals surface area contributed by atoms with Crippen molar-refractivity contribution in [3.05, 3.63) is 29.6 Å². The van der Waals surface area contributed by atoms with Crippen molar-refractivity contribution in [3.63, 3.8) is 0 Å². The molecule has 1 unspecified atom stereocenters. The van der Waals surface area contributed by atoms with Gasteiger partial charge in [0.05, 0.1) is 29.4 Å². The van der Waals surface area contributed by atoms with Crippen LogP contribution in [-0.4, -0.2) is 43.1 Å². The zero-order chi connectivity index (χ0) is 15.7. The molecule has 0 saturated carbocycles. The molecule has 0 bridgehead atoms. The van der Waals surface area contributed by atoms with Gasteiger partial charge in [0.25, 0.3) is 0 Å². The van der Waals surface area contributed by atoms with Gasteiger partial charge < -0.3 is 15.5 Å². The Morgan fingerprint density at radius 3 is 2.62 bits per heavy atom. The van der Waals surface area contributed by atoms with E-state index < -0.39 is 27.2 Å². The Kier molecular flexibility index (Phi) is 4.67.